The first-order chi connectivity index (χ1) is 9.47. The molecule has 20 heavy (non-hydrogen) atoms. The van der Waals surface area contributed by atoms with Crippen LogP contribution >= 0.6 is 0 Å². The molecule has 6 nitrogen and oxygen atoms in total. The molecule has 110 valence electrons. The van der Waals surface area contributed by atoms with E-state index in [1.807, 2.05) is 0 Å². The van der Waals surface area contributed by atoms with Crippen molar-refractivity contribution in [3.05, 3.63) is 24.3 Å². The van der Waals surface area contributed by atoms with Crippen molar-refractivity contribution in [2.24, 2.45) is 0 Å². The molecule has 0 saturated carbocycles. The second-order valence-electron chi connectivity index (χ2n) is 4.64. The van der Waals surface area contributed by atoms with E-state index >= 15 is 0 Å². The van der Waals surface area contributed by atoms with Crippen LogP contribution in [-0.2, 0) is 19.4 Å². The SMILES string of the molecule is CS(=O)(=O)c1ccc(NCC(=O)N2CCOCC2)cc1. The number of anilines is 1. The maximum atomic E-state index is 11.9. The number of hydrogen-bond donors (Lipinski definition) is 1. The molecular formula is C13H18N2O4S. The van der Waals surface area contributed by atoms with Gasteiger partial charge in [0.15, 0.2) is 9.84 Å². The Kier molecular flexibility index (Phi) is 4.61. The van der Waals surface area contributed by atoms with Crippen molar-refractivity contribution in [1.82, 2.24) is 4.90 Å². The summed E-state index contributed by atoms with van der Waals surface area (Å²) in [6.45, 7) is 2.59. The molecule has 1 aromatic rings. The summed E-state index contributed by atoms with van der Waals surface area (Å²) in [6.07, 6.45) is 1.16. The van der Waals surface area contributed by atoms with Gasteiger partial charge in [-0.15, -0.1) is 0 Å². The molecule has 1 aromatic carbocycles. The van der Waals surface area contributed by atoms with Crippen LogP contribution in [0, 0.1) is 0 Å². The molecular weight excluding hydrogens is 280 g/mol. The number of nitrogens with zero attached hydrogens (tertiary/aromatic N) is 1. The van der Waals surface area contributed by atoms with E-state index in [-0.39, 0.29) is 17.3 Å². The van der Waals surface area contributed by atoms with Crippen LogP contribution in [0.2, 0.25) is 0 Å². The second kappa shape index (κ2) is 6.23. The van der Waals surface area contributed by atoms with Crippen LogP contribution in [0.5, 0.6) is 0 Å². The zero-order valence-electron chi connectivity index (χ0n) is 11.3. The van der Waals surface area contributed by atoms with Gasteiger partial charge in [0, 0.05) is 25.0 Å². The zero-order chi connectivity index (χ0) is 14.6. The van der Waals surface area contributed by atoms with Gasteiger partial charge in [-0.2, -0.15) is 0 Å². The highest BCUT2D eigenvalue weighted by Gasteiger charge is 2.16. The molecule has 1 aliphatic rings. The standard InChI is InChI=1S/C13H18N2O4S/c1-20(17,18)12-4-2-11(3-5-12)14-10-13(16)15-6-8-19-9-7-15/h2-5,14H,6-10H2,1H3. The van der Waals surface area contributed by atoms with Crippen LogP contribution in [-0.4, -0.2) is 58.3 Å². The van der Waals surface area contributed by atoms with Gasteiger partial charge in [-0.3, -0.25) is 4.79 Å². The second-order valence-corrected chi connectivity index (χ2v) is 6.66. The summed E-state index contributed by atoms with van der Waals surface area (Å²) in [4.78, 5) is 13.9. The highest BCUT2D eigenvalue weighted by molar-refractivity contribution is 7.90. The van der Waals surface area contributed by atoms with Crippen molar-refractivity contribution in [3.8, 4) is 0 Å². The van der Waals surface area contributed by atoms with E-state index in [4.69, 9.17) is 4.74 Å². The van der Waals surface area contributed by atoms with Gasteiger partial charge in [0.05, 0.1) is 24.7 Å². The first kappa shape index (κ1) is 14.8. The van der Waals surface area contributed by atoms with Gasteiger partial charge >= 0.3 is 0 Å². The van der Waals surface area contributed by atoms with Gasteiger partial charge in [-0.1, -0.05) is 0 Å². The molecule has 7 heteroatoms. The minimum atomic E-state index is -3.18. The lowest BCUT2D eigenvalue weighted by molar-refractivity contribution is -0.133. The topological polar surface area (TPSA) is 75.7 Å². The maximum Gasteiger partial charge on any atom is 0.242 e. The lowest BCUT2D eigenvalue weighted by Gasteiger charge is -2.27. The van der Waals surface area contributed by atoms with Gasteiger partial charge in [-0.05, 0) is 24.3 Å². The fraction of sp³-hybridized carbons (Fsp3) is 0.462. The minimum absolute atomic E-state index is 0.0143. The molecule has 1 aliphatic heterocycles. The minimum Gasteiger partial charge on any atom is -0.378 e. The van der Waals surface area contributed by atoms with Crippen molar-refractivity contribution in [1.29, 1.82) is 0 Å². The quantitative estimate of drug-likeness (QED) is 0.868. The number of rotatable bonds is 4. The number of carbonyl (C=O) groups excluding carboxylic acids is 1. The van der Waals surface area contributed by atoms with Crippen LogP contribution in [0.25, 0.3) is 0 Å². The third-order valence-electron chi connectivity index (χ3n) is 3.09. The Balaban J connectivity index is 1.89. The van der Waals surface area contributed by atoms with E-state index in [9.17, 15) is 13.2 Å². The van der Waals surface area contributed by atoms with E-state index in [0.717, 1.165) is 11.9 Å². The van der Waals surface area contributed by atoms with Crippen LogP contribution in [0.3, 0.4) is 0 Å². The lowest BCUT2D eigenvalue weighted by Crippen LogP contribution is -2.43. The molecule has 0 spiro atoms. The van der Waals surface area contributed by atoms with Crippen LogP contribution in [0.15, 0.2) is 29.2 Å². The average molecular weight is 298 g/mol. The van der Waals surface area contributed by atoms with Crippen molar-refractivity contribution in [2.75, 3.05) is 44.4 Å². The number of amides is 1. The molecule has 0 unspecified atom stereocenters. The number of sulfone groups is 1. The molecule has 0 bridgehead atoms. The molecule has 0 radical (unpaired) electrons. The van der Waals surface area contributed by atoms with Gasteiger partial charge in [0.2, 0.25) is 5.91 Å². The average Bonchev–Trinajstić information content (AvgIpc) is 2.45. The van der Waals surface area contributed by atoms with Gasteiger partial charge in [0.25, 0.3) is 0 Å². The summed E-state index contributed by atoms with van der Waals surface area (Å²) in [7, 11) is -3.18. The smallest absolute Gasteiger partial charge is 0.242 e. The van der Waals surface area contributed by atoms with E-state index in [0.29, 0.717) is 26.3 Å². The van der Waals surface area contributed by atoms with Gasteiger partial charge < -0.3 is 15.0 Å². The zero-order valence-corrected chi connectivity index (χ0v) is 12.1. The number of morpholine rings is 1. The fourth-order valence-electron chi connectivity index (χ4n) is 1.92. The maximum absolute atomic E-state index is 11.9. The van der Waals surface area contributed by atoms with Crippen molar-refractivity contribution >= 4 is 21.4 Å². The van der Waals surface area contributed by atoms with E-state index in [1.165, 1.54) is 12.1 Å². The molecule has 2 rings (SSSR count). The Hall–Kier alpha value is -1.60. The first-order valence-electron chi connectivity index (χ1n) is 6.36. The van der Waals surface area contributed by atoms with E-state index in [1.54, 1.807) is 17.0 Å². The van der Waals surface area contributed by atoms with Crippen LogP contribution in [0.4, 0.5) is 5.69 Å². The monoisotopic (exact) mass is 298 g/mol. The third kappa shape index (κ3) is 3.94. The van der Waals surface area contributed by atoms with Crippen molar-refractivity contribution in [2.45, 2.75) is 4.90 Å². The first-order valence-corrected chi connectivity index (χ1v) is 8.25. The molecule has 0 aliphatic carbocycles. The van der Waals surface area contributed by atoms with E-state index < -0.39 is 9.84 Å². The highest BCUT2D eigenvalue weighted by Crippen LogP contribution is 2.13. The molecule has 1 N–H and O–H groups in total. The summed E-state index contributed by atoms with van der Waals surface area (Å²) in [5.74, 6) is 0.0143. The summed E-state index contributed by atoms with van der Waals surface area (Å²) >= 11 is 0. The molecule has 1 amide bonds. The molecule has 1 heterocycles. The van der Waals surface area contributed by atoms with Crippen molar-refractivity contribution in [3.63, 3.8) is 0 Å². The molecule has 0 aromatic heterocycles. The normalized spacial score (nSPS) is 15.9. The number of nitrogens with one attached hydrogen (secondary N) is 1. The Morgan fingerprint density at radius 2 is 1.85 bits per heavy atom. The highest BCUT2D eigenvalue weighted by atomic mass is 32.2. The number of ether oxygens (including phenoxy) is 1. The van der Waals surface area contributed by atoms with Gasteiger partial charge in [0.1, 0.15) is 0 Å². The third-order valence-corrected chi connectivity index (χ3v) is 4.22. The molecule has 1 fully saturated rings. The summed E-state index contributed by atoms with van der Waals surface area (Å²) in [5, 5.41) is 2.99. The predicted molar refractivity (Wildman–Crippen MR) is 75.4 cm³/mol. The fourth-order valence-corrected chi connectivity index (χ4v) is 2.55. The largest absolute Gasteiger partial charge is 0.378 e. The Morgan fingerprint density at radius 1 is 1.25 bits per heavy atom. The Labute approximate surface area is 118 Å². The number of hydrogen-bond acceptors (Lipinski definition) is 5. The predicted octanol–water partition coefficient (Wildman–Crippen LogP) is 0.361. The van der Waals surface area contributed by atoms with Crippen LogP contribution < -0.4 is 5.32 Å². The van der Waals surface area contributed by atoms with Crippen LogP contribution in [0.1, 0.15) is 0 Å². The summed E-state index contributed by atoms with van der Waals surface area (Å²) < 4.78 is 27.8. The molecule has 1 saturated heterocycles. The number of carbonyl (C=O) groups is 1. The Morgan fingerprint density at radius 3 is 2.40 bits per heavy atom. The van der Waals surface area contributed by atoms with Crippen molar-refractivity contribution < 1.29 is 17.9 Å². The Bertz CT molecular complexity index is 563. The summed E-state index contributed by atoms with van der Waals surface area (Å²) in [6, 6.07) is 6.36. The van der Waals surface area contributed by atoms with E-state index in [2.05, 4.69) is 5.32 Å². The van der Waals surface area contributed by atoms with Gasteiger partial charge in [-0.25, -0.2) is 8.42 Å². The summed E-state index contributed by atoms with van der Waals surface area (Å²) in [5.41, 5.74) is 0.721. The number of benzene rings is 1. The molecule has 0 atom stereocenters. The lowest BCUT2D eigenvalue weighted by atomic mass is 10.3.